The highest BCUT2D eigenvalue weighted by atomic mass is 32.2. The topological polar surface area (TPSA) is 208 Å². The van der Waals surface area contributed by atoms with Crippen molar-refractivity contribution in [3.05, 3.63) is 0 Å². The van der Waals surface area contributed by atoms with E-state index in [4.69, 9.17) is 15.9 Å². The van der Waals surface area contributed by atoms with E-state index in [1.54, 1.807) is 0 Å². The average Bonchev–Trinajstić information content (AvgIpc) is 2.60. The van der Waals surface area contributed by atoms with Gasteiger partial charge in [0.2, 0.25) is 17.7 Å². The van der Waals surface area contributed by atoms with Gasteiger partial charge in [-0.2, -0.15) is 11.8 Å². The number of carbonyl (C=O) groups excluding carboxylic acids is 3. The van der Waals surface area contributed by atoms with Crippen LogP contribution in [0.25, 0.3) is 0 Å². The molecule has 3 amide bonds. The molecule has 0 aliphatic carbocycles. The molecule has 8 N–H and O–H groups in total. The maximum atomic E-state index is 11.9. The highest BCUT2D eigenvalue weighted by Crippen LogP contribution is 1.99. The number of thioether (sulfide) groups is 1. The summed E-state index contributed by atoms with van der Waals surface area (Å²) >= 11 is 1.49. The van der Waals surface area contributed by atoms with E-state index in [1.807, 2.05) is 11.6 Å². The maximum absolute atomic E-state index is 11.9. The lowest BCUT2D eigenvalue weighted by atomic mass is 10.2. The Morgan fingerprint density at radius 1 is 1.04 bits per heavy atom. The molecule has 0 bridgehead atoms. The van der Waals surface area contributed by atoms with Crippen molar-refractivity contribution in [2.24, 2.45) is 5.73 Å². The first-order chi connectivity index (χ1) is 12.6. The summed E-state index contributed by atoms with van der Waals surface area (Å²) in [5, 5.41) is 32.9. The number of aliphatic hydroxyl groups excluding tert-OH is 1. The predicted octanol–water partition coefficient (Wildman–Crippen LogP) is -3.30. The second-order valence-electron chi connectivity index (χ2n) is 5.41. The quantitative estimate of drug-likeness (QED) is 0.161. The molecule has 3 atom stereocenters. The molecule has 3 unspecified atom stereocenters. The second kappa shape index (κ2) is 12.9. The summed E-state index contributed by atoms with van der Waals surface area (Å²) in [4.78, 5) is 56.8. The lowest BCUT2D eigenvalue weighted by Crippen LogP contribution is -2.55. The third-order valence-electron chi connectivity index (χ3n) is 3.22. The Bertz CT molecular complexity index is 559. The zero-order chi connectivity index (χ0) is 21.0. The molecule has 0 spiro atoms. The molecule has 0 aromatic rings. The van der Waals surface area contributed by atoms with Crippen molar-refractivity contribution in [1.82, 2.24) is 16.0 Å². The van der Waals surface area contributed by atoms with Crippen LogP contribution in [0.3, 0.4) is 0 Å². The highest BCUT2D eigenvalue weighted by Gasteiger charge is 2.25. The van der Waals surface area contributed by atoms with E-state index in [0.717, 1.165) is 0 Å². The van der Waals surface area contributed by atoms with Crippen LogP contribution in [0.5, 0.6) is 0 Å². The number of carboxylic acid groups (broad SMARTS) is 2. The molecule has 0 aromatic heterocycles. The number of carbonyl (C=O) groups is 5. The van der Waals surface area contributed by atoms with Crippen LogP contribution in [0.4, 0.5) is 0 Å². The van der Waals surface area contributed by atoms with Gasteiger partial charge in [0.05, 0.1) is 25.6 Å². The van der Waals surface area contributed by atoms with Crippen LogP contribution in [0.2, 0.25) is 0 Å². The molecule has 0 radical (unpaired) electrons. The average molecular weight is 408 g/mol. The molecule has 0 saturated carbocycles. The van der Waals surface area contributed by atoms with Crippen LogP contribution < -0.4 is 21.7 Å². The van der Waals surface area contributed by atoms with Crippen molar-refractivity contribution >= 4 is 41.4 Å². The third-order valence-corrected chi connectivity index (χ3v) is 3.86. The van der Waals surface area contributed by atoms with E-state index in [2.05, 4.69) is 10.6 Å². The maximum Gasteiger partial charge on any atom is 0.326 e. The first-order valence-electron chi connectivity index (χ1n) is 7.79. The third kappa shape index (κ3) is 10.4. The fourth-order valence-corrected chi connectivity index (χ4v) is 2.25. The van der Waals surface area contributed by atoms with Crippen molar-refractivity contribution in [1.29, 1.82) is 0 Å². The second-order valence-corrected chi connectivity index (χ2v) is 6.39. The monoisotopic (exact) mass is 408 g/mol. The standard InChI is InChI=1S/C14H24N4O8S/c1-27-3-2-7(15)12(23)18-9(6-19)13(24)16-5-10(20)17-8(14(25)26)4-11(21)22/h7-9,19H,2-6,15H2,1H3,(H,16,24)(H,17,20)(H,18,23)(H,21,22)(H,25,26). The Balaban J connectivity index is 4.54. The minimum atomic E-state index is -1.66. The molecular weight excluding hydrogens is 384 g/mol. The lowest BCUT2D eigenvalue weighted by molar-refractivity contribution is -0.147. The summed E-state index contributed by atoms with van der Waals surface area (Å²) in [6.45, 7) is -1.42. The highest BCUT2D eigenvalue weighted by molar-refractivity contribution is 7.98. The first kappa shape index (κ1) is 24.6. The van der Waals surface area contributed by atoms with Gasteiger partial charge in [-0.3, -0.25) is 19.2 Å². The van der Waals surface area contributed by atoms with Crippen LogP contribution in [0.1, 0.15) is 12.8 Å². The van der Waals surface area contributed by atoms with Crippen molar-refractivity contribution in [2.75, 3.05) is 25.2 Å². The number of carboxylic acids is 2. The summed E-state index contributed by atoms with van der Waals surface area (Å²) in [5.74, 6) is -4.81. The number of rotatable bonds is 13. The van der Waals surface area contributed by atoms with Crippen LogP contribution >= 0.6 is 11.8 Å². The molecule has 0 fully saturated rings. The van der Waals surface area contributed by atoms with Gasteiger partial charge in [-0.05, 0) is 18.4 Å². The van der Waals surface area contributed by atoms with Crippen molar-refractivity contribution in [2.45, 2.75) is 31.0 Å². The first-order valence-corrected chi connectivity index (χ1v) is 9.19. The van der Waals surface area contributed by atoms with E-state index < -0.39 is 67.4 Å². The van der Waals surface area contributed by atoms with Gasteiger partial charge in [-0.15, -0.1) is 0 Å². The van der Waals surface area contributed by atoms with Crippen LogP contribution in [0.15, 0.2) is 0 Å². The van der Waals surface area contributed by atoms with E-state index >= 15 is 0 Å². The summed E-state index contributed by atoms with van der Waals surface area (Å²) in [6.07, 6.45) is 1.37. The molecule has 0 aliphatic rings. The smallest absolute Gasteiger partial charge is 0.326 e. The van der Waals surface area contributed by atoms with Gasteiger partial charge in [0, 0.05) is 0 Å². The molecule has 13 heteroatoms. The van der Waals surface area contributed by atoms with Gasteiger partial charge in [0.1, 0.15) is 12.1 Å². The zero-order valence-electron chi connectivity index (χ0n) is 14.6. The van der Waals surface area contributed by atoms with Gasteiger partial charge < -0.3 is 37.0 Å². The number of amides is 3. The van der Waals surface area contributed by atoms with Gasteiger partial charge in [0.25, 0.3) is 0 Å². The molecule has 27 heavy (non-hydrogen) atoms. The summed E-state index contributed by atoms with van der Waals surface area (Å²) < 4.78 is 0. The number of nitrogens with one attached hydrogen (secondary N) is 3. The van der Waals surface area contributed by atoms with Gasteiger partial charge in [-0.25, -0.2) is 4.79 Å². The van der Waals surface area contributed by atoms with Crippen molar-refractivity contribution in [3.8, 4) is 0 Å². The Morgan fingerprint density at radius 3 is 2.15 bits per heavy atom. The van der Waals surface area contributed by atoms with E-state index in [1.165, 1.54) is 11.8 Å². The number of nitrogens with two attached hydrogens (primary N) is 1. The SMILES string of the molecule is CSCCC(N)C(=O)NC(CO)C(=O)NCC(=O)NC(CC(=O)O)C(=O)O. The van der Waals surface area contributed by atoms with Crippen LogP contribution in [0, 0.1) is 0 Å². The summed E-state index contributed by atoms with van der Waals surface area (Å²) in [7, 11) is 0. The van der Waals surface area contributed by atoms with E-state index in [9.17, 15) is 29.1 Å². The Hall–Kier alpha value is -2.38. The number of hydrogen-bond acceptors (Lipinski definition) is 8. The van der Waals surface area contributed by atoms with Crippen molar-refractivity contribution in [3.63, 3.8) is 0 Å². The predicted molar refractivity (Wildman–Crippen MR) is 94.8 cm³/mol. The fourth-order valence-electron chi connectivity index (χ4n) is 1.76. The van der Waals surface area contributed by atoms with Gasteiger partial charge >= 0.3 is 11.9 Å². The van der Waals surface area contributed by atoms with Gasteiger partial charge in [0.15, 0.2) is 0 Å². The Morgan fingerprint density at radius 2 is 1.67 bits per heavy atom. The molecule has 0 aliphatic heterocycles. The Kier molecular flexibility index (Phi) is 11.8. The van der Waals surface area contributed by atoms with Crippen molar-refractivity contribution < 1.29 is 39.3 Å². The fraction of sp³-hybridized carbons (Fsp3) is 0.643. The van der Waals surface area contributed by atoms with Crippen LogP contribution in [-0.2, 0) is 24.0 Å². The number of hydrogen-bond donors (Lipinski definition) is 7. The van der Waals surface area contributed by atoms with Gasteiger partial charge in [-0.1, -0.05) is 0 Å². The molecule has 12 nitrogen and oxygen atoms in total. The Labute approximate surface area is 159 Å². The molecule has 0 rings (SSSR count). The number of aliphatic carboxylic acids is 2. The van der Waals surface area contributed by atoms with E-state index in [0.29, 0.717) is 12.2 Å². The molecule has 0 saturated heterocycles. The zero-order valence-corrected chi connectivity index (χ0v) is 15.5. The molecule has 0 heterocycles. The summed E-state index contributed by atoms with van der Waals surface area (Å²) in [5.41, 5.74) is 5.65. The normalized spacial score (nSPS) is 13.7. The number of aliphatic hydroxyl groups is 1. The summed E-state index contributed by atoms with van der Waals surface area (Å²) in [6, 6.07) is -3.87. The minimum absolute atomic E-state index is 0.370. The molecular formula is C14H24N4O8S. The van der Waals surface area contributed by atoms with Crippen LogP contribution in [-0.4, -0.2) is 88.3 Å². The lowest BCUT2D eigenvalue weighted by Gasteiger charge is -2.19. The molecule has 0 aromatic carbocycles. The largest absolute Gasteiger partial charge is 0.481 e. The minimum Gasteiger partial charge on any atom is -0.481 e. The molecule has 154 valence electrons. The van der Waals surface area contributed by atoms with E-state index in [-0.39, 0.29) is 0 Å².